The topological polar surface area (TPSA) is 30.5 Å². The molecule has 100 valence electrons. The van der Waals surface area contributed by atoms with Crippen molar-refractivity contribution in [2.24, 2.45) is 0 Å². The number of ether oxygens (including phenoxy) is 2. The van der Waals surface area contributed by atoms with E-state index < -0.39 is 0 Å². The molecule has 0 aromatic heterocycles. The fraction of sp³-hybridized carbons (Fsp3) is 0.250. The summed E-state index contributed by atoms with van der Waals surface area (Å²) in [5.74, 6) is 1.79. The quantitative estimate of drug-likeness (QED) is 0.769. The van der Waals surface area contributed by atoms with Crippen molar-refractivity contribution in [2.45, 2.75) is 6.42 Å². The molecule has 1 N–H and O–H groups in total. The van der Waals surface area contributed by atoms with Crippen molar-refractivity contribution >= 4 is 5.69 Å². The van der Waals surface area contributed by atoms with Crippen LogP contribution in [0.4, 0.5) is 5.69 Å². The predicted molar refractivity (Wildman–Crippen MR) is 78.0 cm³/mol. The molecule has 0 atom stereocenters. The Labute approximate surface area is 114 Å². The molecule has 0 fully saturated rings. The minimum Gasteiger partial charge on any atom is -0.493 e. The molecule has 0 amide bonds. The lowest BCUT2D eigenvalue weighted by Gasteiger charge is -2.08. The molecule has 0 unspecified atom stereocenters. The van der Waals surface area contributed by atoms with Crippen LogP contribution in [0.5, 0.6) is 11.5 Å². The number of hydrogen-bond donors (Lipinski definition) is 1. The average molecular weight is 257 g/mol. The zero-order chi connectivity index (χ0) is 13.3. The zero-order valence-corrected chi connectivity index (χ0v) is 11.1. The normalized spacial score (nSPS) is 9.95. The van der Waals surface area contributed by atoms with Gasteiger partial charge in [-0.25, -0.2) is 0 Å². The van der Waals surface area contributed by atoms with E-state index in [0.29, 0.717) is 13.2 Å². The van der Waals surface area contributed by atoms with Crippen molar-refractivity contribution in [3.63, 3.8) is 0 Å². The van der Waals surface area contributed by atoms with Crippen LogP contribution in [-0.4, -0.2) is 20.3 Å². The summed E-state index contributed by atoms with van der Waals surface area (Å²) in [4.78, 5) is 0. The van der Waals surface area contributed by atoms with Gasteiger partial charge in [0, 0.05) is 19.2 Å². The van der Waals surface area contributed by atoms with Crippen molar-refractivity contribution in [3.05, 3.63) is 54.6 Å². The van der Waals surface area contributed by atoms with Gasteiger partial charge in [0.15, 0.2) is 0 Å². The molecular weight excluding hydrogens is 238 g/mol. The molecule has 0 aliphatic rings. The highest BCUT2D eigenvalue weighted by molar-refractivity contribution is 5.45. The van der Waals surface area contributed by atoms with Crippen LogP contribution in [0.3, 0.4) is 0 Å². The van der Waals surface area contributed by atoms with Gasteiger partial charge in [0.1, 0.15) is 11.5 Å². The van der Waals surface area contributed by atoms with Crippen molar-refractivity contribution < 1.29 is 9.47 Å². The third-order valence-corrected chi connectivity index (χ3v) is 2.71. The molecule has 0 saturated heterocycles. The van der Waals surface area contributed by atoms with Gasteiger partial charge in [-0.15, -0.1) is 0 Å². The first kappa shape index (κ1) is 13.3. The monoisotopic (exact) mass is 257 g/mol. The highest BCUT2D eigenvalue weighted by Gasteiger charge is 1.95. The summed E-state index contributed by atoms with van der Waals surface area (Å²) >= 11 is 0. The summed E-state index contributed by atoms with van der Waals surface area (Å²) < 4.78 is 11.2. The number of nitrogens with one attached hydrogen (secondary N) is 1. The Kier molecular flexibility index (Phi) is 5.11. The lowest BCUT2D eigenvalue weighted by molar-refractivity contribution is 0.247. The van der Waals surface area contributed by atoms with Crippen LogP contribution in [-0.2, 0) is 0 Å². The van der Waals surface area contributed by atoms with Crippen LogP contribution in [0.15, 0.2) is 54.6 Å². The van der Waals surface area contributed by atoms with Crippen LogP contribution in [0.2, 0.25) is 0 Å². The number of hydrogen-bond acceptors (Lipinski definition) is 3. The average Bonchev–Trinajstić information content (AvgIpc) is 2.49. The van der Waals surface area contributed by atoms with E-state index in [4.69, 9.17) is 9.47 Å². The van der Waals surface area contributed by atoms with Crippen LogP contribution < -0.4 is 14.8 Å². The van der Waals surface area contributed by atoms with Crippen LogP contribution >= 0.6 is 0 Å². The fourth-order valence-corrected chi connectivity index (χ4v) is 1.67. The van der Waals surface area contributed by atoms with Gasteiger partial charge in [-0.1, -0.05) is 18.2 Å². The highest BCUT2D eigenvalue weighted by Crippen LogP contribution is 2.15. The van der Waals surface area contributed by atoms with Crippen LogP contribution in [0.1, 0.15) is 6.42 Å². The molecule has 2 aromatic rings. The molecule has 0 bridgehead atoms. The maximum absolute atomic E-state index is 5.64. The molecule has 2 aromatic carbocycles. The maximum Gasteiger partial charge on any atom is 0.119 e. The van der Waals surface area contributed by atoms with E-state index >= 15 is 0 Å². The molecule has 19 heavy (non-hydrogen) atoms. The van der Waals surface area contributed by atoms with E-state index in [-0.39, 0.29) is 0 Å². The van der Waals surface area contributed by atoms with Gasteiger partial charge in [-0.2, -0.15) is 0 Å². The number of rotatable bonds is 7. The molecule has 0 aliphatic carbocycles. The van der Waals surface area contributed by atoms with Gasteiger partial charge in [-0.05, 0) is 36.4 Å². The molecule has 0 spiro atoms. The predicted octanol–water partition coefficient (Wildman–Crippen LogP) is 3.58. The van der Waals surface area contributed by atoms with Gasteiger partial charge in [-0.3, -0.25) is 0 Å². The Balaban J connectivity index is 1.63. The summed E-state index contributed by atoms with van der Waals surface area (Å²) in [5, 5.41) is 3.07. The highest BCUT2D eigenvalue weighted by atomic mass is 16.5. The third-order valence-electron chi connectivity index (χ3n) is 2.71. The second kappa shape index (κ2) is 7.31. The first-order chi connectivity index (χ1) is 9.38. The van der Waals surface area contributed by atoms with Gasteiger partial charge < -0.3 is 14.8 Å². The zero-order valence-electron chi connectivity index (χ0n) is 11.1. The third kappa shape index (κ3) is 4.54. The Morgan fingerprint density at radius 1 is 0.789 bits per heavy atom. The molecule has 3 nitrogen and oxygen atoms in total. The lowest BCUT2D eigenvalue weighted by atomic mass is 10.3. The molecule has 0 radical (unpaired) electrons. The van der Waals surface area contributed by atoms with Crippen molar-refractivity contribution in [3.8, 4) is 11.5 Å². The molecular formula is C16H19NO2. The van der Waals surface area contributed by atoms with Gasteiger partial charge in [0.05, 0.1) is 13.2 Å². The number of benzene rings is 2. The van der Waals surface area contributed by atoms with E-state index in [9.17, 15) is 0 Å². The summed E-state index contributed by atoms with van der Waals surface area (Å²) in [7, 11) is 1.90. The van der Waals surface area contributed by atoms with Crippen molar-refractivity contribution in [1.82, 2.24) is 0 Å². The summed E-state index contributed by atoms with van der Waals surface area (Å²) in [6.45, 7) is 1.32. The van der Waals surface area contributed by atoms with E-state index in [1.54, 1.807) is 0 Å². The largest absolute Gasteiger partial charge is 0.493 e. The second-order valence-corrected chi connectivity index (χ2v) is 4.14. The van der Waals surface area contributed by atoms with E-state index in [1.165, 1.54) is 0 Å². The summed E-state index contributed by atoms with van der Waals surface area (Å²) in [5.41, 5.74) is 1.08. The van der Waals surface area contributed by atoms with E-state index in [0.717, 1.165) is 23.6 Å². The van der Waals surface area contributed by atoms with E-state index in [1.807, 2.05) is 61.6 Å². The minimum atomic E-state index is 0.658. The van der Waals surface area contributed by atoms with Crippen molar-refractivity contribution in [1.29, 1.82) is 0 Å². The maximum atomic E-state index is 5.64. The van der Waals surface area contributed by atoms with Crippen molar-refractivity contribution in [2.75, 3.05) is 25.6 Å². The molecule has 3 heteroatoms. The van der Waals surface area contributed by atoms with Gasteiger partial charge in [0.25, 0.3) is 0 Å². The van der Waals surface area contributed by atoms with Crippen LogP contribution in [0.25, 0.3) is 0 Å². The van der Waals surface area contributed by atoms with E-state index in [2.05, 4.69) is 5.32 Å². The minimum absolute atomic E-state index is 0.658. The van der Waals surface area contributed by atoms with Crippen LogP contribution in [0, 0.1) is 0 Å². The second-order valence-electron chi connectivity index (χ2n) is 4.14. The summed E-state index contributed by atoms with van der Waals surface area (Å²) in [6.07, 6.45) is 0.864. The Morgan fingerprint density at radius 2 is 1.37 bits per heavy atom. The first-order valence-corrected chi connectivity index (χ1v) is 6.47. The SMILES string of the molecule is CNc1ccc(OCCCOc2ccccc2)cc1. The van der Waals surface area contributed by atoms with Gasteiger partial charge >= 0.3 is 0 Å². The number of anilines is 1. The van der Waals surface area contributed by atoms with Gasteiger partial charge in [0.2, 0.25) is 0 Å². The number of para-hydroxylation sites is 1. The first-order valence-electron chi connectivity index (χ1n) is 6.47. The Hall–Kier alpha value is -2.16. The summed E-state index contributed by atoms with van der Waals surface area (Å²) in [6, 6.07) is 17.7. The Bertz CT molecular complexity index is 468. The smallest absolute Gasteiger partial charge is 0.119 e. The molecule has 0 heterocycles. The Morgan fingerprint density at radius 3 is 1.95 bits per heavy atom. The molecule has 0 aliphatic heterocycles. The fourth-order valence-electron chi connectivity index (χ4n) is 1.67. The lowest BCUT2D eigenvalue weighted by Crippen LogP contribution is -2.04. The molecule has 2 rings (SSSR count). The molecule has 0 saturated carbocycles. The standard InChI is InChI=1S/C16H19NO2/c1-17-14-8-10-16(11-9-14)19-13-5-12-18-15-6-3-2-4-7-15/h2-4,6-11,17H,5,12-13H2,1H3.